The van der Waals surface area contributed by atoms with Crippen molar-refractivity contribution in [3.8, 4) is 16.9 Å². The molecule has 3 aromatic rings. The number of nitrogens with zero attached hydrogens (tertiary/aromatic N) is 1. The average Bonchev–Trinajstić information content (AvgIpc) is 3.40. The summed E-state index contributed by atoms with van der Waals surface area (Å²) in [5.41, 5.74) is 5.63. The molecular formula is C31H36N2O4. The van der Waals surface area contributed by atoms with Gasteiger partial charge in [-0.1, -0.05) is 56.2 Å². The van der Waals surface area contributed by atoms with Crippen molar-refractivity contribution in [1.82, 2.24) is 4.98 Å². The number of benzene rings is 2. The predicted octanol–water partition coefficient (Wildman–Crippen LogP) is 6.95. The van der Waals surface area contributed by atoms with Gasteiger partial charge in [0.2, 0.25) is 5.91 Å². The molecule has 0 radical (unpaired) electrons. The number of carboxylic acid groups (broad SMARTS) is 1. The van der Waals surface area contributed by atoms with Crippen LogP contribution in [0.4, 0.5) is 5.69 Å². The summed E-state index contributed by atoms with van der Waals surface area (Å²) in [6.45, 7) is 6.39. The molecule has 1 aromatic heterocycles. The third-order valence-electron chi connectivity index (χ3n) is 7.43. The molecule has 0 aliphatic heterocycles. The van der Waals surface area contributed by atoms with Gasteiger partial charge >= 0.3 is 5.97 Å². The van der Waals surface area contributed by atoms with Crippen LogP contribution in [0.2, 0.25) is 0 Å². The molecule has 194 valence electrons. The summed E-state index contributed by atoms with van der Waals surface area (Å²) in [4.78, 5) is 29.3. The van der Waals surface area contributed by atoms with E-state index in [4.69, 9.17) is 4.74 Å². The first-order valence-electron chi connectivity index (χ1n) is 13.2. The SMILES string of the molecule is CCOc1cncc(-c2ccc(C(C(=O)Nc3cccc(C(C)CC(=O)O)c3C)C3CCCC3)cc2)c1. The third-order valence-corrected chi connectivity index (χ3v) is 7.43. The molecular weight excluding hydrogens is 464 g/mol. The number of anilines is 1. The zero-order chi connectivity index (χ0) is 26.4. The maximum atomic E-state index is 13.8. The number of pyridine rings is 1. The lowest BCUT2D eigenvalue weighted by molar-refractivity contribution is -0.137. The molecule has 37 heavy (non-hydrogen) atoms. The number of aromatic nitrogens is 1. The molecule has 0 bridgehead atoms. The Balaban J connectivity index is 1.58. The Kier molecular flexibility index (Phi) is 8.59. The van der Waals surface area contributed by atoms with Gasteiger partial charge in [-0.15, -0.1) is 0 Å². The minimum Gasteiger partial charge on any atom is -0.492 e. The Morgan fingerprint density at radius 1 is 1.08 bits per heavy atom. The molecule has 0 spiro atoms. The quantitative estimate of drug-likeness (QED) is 0.315. The number of carbonyl (C=O) groups is 2. The topological polar surface area (TPSA) is 88.5 Å². The van der Waals surface area contributed by atoms with E-state index in [0.29, 0.717) is 12.5 Å². The minimum absolute atomic E-state index is 0.00852. The Morgan fingerprint density at radius 2 is 1.81 bits per heavy atom. The van der Waals surface area contributed by atoms with Crippen LogP contribution in [0, 0.1) is 12.8 Å². The number of carbonyl (C=O) groups excluding carboxylic acids is 1. The van der Waals surface area contributed by atoms with Gasteiger partial charge in [-0.3, -0.25) is 14.6 Å². The summed E-state index contributed by atoms with van der Waals surface area (Å²) in [5, 5.41) is 12.4. The van der Waals surface area contributed by atoms with E-state index in [1.165, 1.54) is 0 Å². The van der Waals surface area contributed by atoms with Crippen LogP contribution in [0.5, 0.6) is 5.75 Å². The van der Waals surface area contributed by atoms with Crippen molar-refractivity contribution in [1.29, 1.82) is 0 Å². The molecule has 1 heterocycles. The van der Waals surface area contributed by atoms with Crippen LogP contribution in [0.15, 0.2) is 60.9 Å². The largest absolute Gasteiger partial charge is 0.492 e. The van der Waals surface area contributed by atoms with Crippen LogP contribution in [0.25, 0.3) is 11.1 Å². The summed E-state index contributed by atoms with van der Waals surface area (Å²) in [5.74, 6) is -0.185. The van der Waals surface area contributed by atoms with E-state index in [0.717, 1.165) is 64.9 Å². The van der Waals surface area contributed by atoms with E-state index < -0.39 is 5.97 Å². The number of carboxylic acids is 1. The fraction of sp³-hybridized carbons (Fsp3) is 0.387. The molecule has 6 heteroatoms. The third kappa shape index (κ3) is 6.37. The first kappa shape index (κ1) is 26.4. The van der Waals surface area contributed by atoms with Crippen molar-refractivity contribution in [3.05, 3.63) is 77.6 Å². The molecule has 1 amide bonds. The monoisotopic (exact) mass is 500 g/mol. The van der Waals surface area contributed by atoms with E-state index in [1.807, 2.05) is 51.2 Å². The van der Waals surface area contributed by atoms with E-state index in [9.17, 15) is 14.7 Å². The minimum atomic E-state index is -0.827. The van der Waals surface area contributed by atoms with E-state index in [1.54, 1.807) is 6.20 Å². The van der Waals surface area contributed by atoms with E-state index >= 15 is 0 Å². The van der Waals surface area contributed by atoms with Crippen molar-refractivity contribution in [2.45, 2.75) is 64.7 Å². The fourth-order valence-corrected chi connectivity index (χ4v) is 5.54. The van der Waals surface area contributed by atoms with Crippen LogP contribution in [0.1, 0.15) is 74.5 Å². The number of ether oxygens (including phenoxy) is 1. The highest BCUT2D eigenvalue weighted by molar-refractivity contribution is 5.97. The Hall–Kier alpha value is -3.67. The molecule has 0 saturated heterocycles. The number of aliphatic carboxylic acids is 1. The molecule has 1 aliphatic carbocycles. The lowest BCUT2D eigenvalue weighted by atomic mass is 9.83. The van der Waals surface area contributed by atoms with Gasteiger partial charge in [-0.25, -0.2) is 0 Å². The maximum Gasteiger partial charge on any atom is 0.303 e. The van der Waals surface area contributed by atoms with Crippen LogP contribution >= 0.6 is 0 Å². The van der Waals surface area contributed by atoms with Gasteiger partial charge in [0.05, 0.1) is 25.1 Å². The van der Waals surface area contributed by atoms with Crippen molar-refractivity contribution in [3.63, 3.8) is 0 Å². The normalized spacial score (nSPS) is 15.2. The maximum absolute atomic E-state index is 13.8. The summed E-state index contributed by atoms with van der Waals surface area (Å²) >= 11 is 0. The number of hydrogen-bond donors (Lipinski definition) is 2. The van der Waals surface area contributed by atoms with Crippen LogP contribution in [-0.4, -0.2) is 28.6 Å². The molecule has 1 fully saturated rings. The molecule has 2 aromatic carbocycles. The number of rotatable bonds is 10. The van der Waals surface area contributed by atoms with Crippen molar-refractivity contribution in [2.24, 2.45) is 5.92 Å². The first-order chi connectivity index (χ1) is 17.9. The summed E-state index contributed by atoms with van der Waals surface area (Å²) < 4.78 is 5.59. The molecule has 1 aliphatic rings. The van der Waals surface area contributed by atoms with Gasteiger partial charge in [-0.05, 0) is 72.9 Å². The Morgan fingerprint density at radius 3 is 2.49 bits per heavy atom. The molecule has 4 rings (SSSR count). The predicted molar refractivity (Wildman–Crippen MR) is 146 cm³/mol. The molecule has 1 saturated carbocycles. The Bertz CT molecular complexity index is 1230. The number of nitrogens with one attached hydrogen (secondary N) is 1. The number of hydrogen-bond acceptors (Lipinski definition) is 4. The molecule has 2 atom stereocenters. The standard InChI is InChI=1S/C31H36N2O4/c1-4-37-26-17-25(18-32-19-26)22-12-14-24(15-13-22)30(23-8-5-6-9-23)31(36)33-28-11-7-10-27(21(28)3)20(2)16-29(34)35/h7,10-15,17-20,23,30H,4-6,8-9,16H2,1-3H3,(H,33,36)(H,34,35). The van der Waals surface area contributed by atoms with Crippen LogP contribution < -0.4 is 10.1 Å². The molecule has 2 unspecified atom stereocenters. The highest BCUT2D eigenvalue weighted by atomic mass is 16.5. The van der Waals surface area contributed by atoms with Crippen molar-refractivity contribution in [2.75, 3.05) is 11.9 Å². The average molecular weight is 501 g/mol. The van der Waals surface area contributed by atoms with E-state index in [-0.39, 0.29) is 24.2 Å². The van der Waals surface area contributed by atoms with E-state index in [2.05, 4.69) is 34.6 Å². The van der Waals surface area contributed by atoms with Crippen LogP contribution in [-0.2, 0) is 9.59 Å². The summed E-state index contributed by atoms with van der Waals surface area (Å²) in [6, 6.07) is 15.9. The molecule has 2 N–H and O–H groups in total. The van der Waals surface area contributed by atoms with Gasteiger partial charge < -0.3 is 15.2 Å². The summed E-state index contributed by atoms with van der Waals surface area (Å²) in [6.07, 6.45) is 7.94. The van der Waals surface area contributed by atoms with Gasteiger partial charge in [0.1, 0.15) is 5.75 Å². The van der Waals surface area contributed by atoms with Crippen molar-refractivity contribution >= 4 is 17.6 Å². The second kappa shape index (κ2) is 12.0. The lowest BCUT2D eigenvalue weighted by Gasteiger charge is -2.25. The zero-order valence-corrected chi connectivity index (χ0v) is 21.9. The van der Waals surface area contributed by atoms with Gasteiger partial charge in [0.15, 0.2) is 0 Å². The molecule has 6 nitrogen and oxygen atoms in total. The second-order valence-corrected chi connectivity index (χ2v) is 9.99. The van der Waals surface area contributed by atoms with Gasteiger partial charge in [-0.2, -0.15) is 0 Å². The zero-order valence-electron chi connectivity index (χ0n) is 21.9. The van der Waals surface area contributed by atoms with Crippen molar-refractivity contribution < 1.29 is 19.4 Å². The fourth-order valence-electron chi connectivity index (χ4n) is 5.54. The lowest BCUT2D eigenvalue weighted by Crippen LogP contribution is -2.27. The Labute approximate surface area is 219 Å². The highest BCUT2D eigenvalue weighted by Crippen LogP contribution is 2.39. The van der Waals surface area contributed by atoms with Gasteiger partial charge in [0, 0.05) is 17.4 Å². The highest BCUT2D eigenvalue weighted by Gasteiger charge is 2.32. The number of amides is 1. The summed E-state index contributed by atoms with van der Waals surface area (Å²) in [7, 11) is 0. The smallest absolute Gasteiger partial charge is 0.303 e. The van der Waals surface area contributed by atoms with Crippen LogP contribution in [0.3, 0.4) is 0 Å². The first-order valence-corrected chi connectivity index (χ1v) is 13.2. The second-order valence-electron chi connectivity index (χ2n) is 9.99. The van der Waals surface area contributed by atoms with Gasteiger partial charge in [0.25, 0.3) is 0 Å².